The third-order valence-electron chi connectivity index (χ3n) is 4.24. The molecule has 1 atom stereocenters. The number of halogens is 1. The van der Waals surface area contributed by atoms with Gasteiger partial charge in [-0.25, -0.2) is 9.78 Å². The van der Waals surface area contributed by atoms with Crippen molar-refractivity contribution in [1.29, 1.82) is 0 Å². The van der Waals surface area contributed by atoms with Crippen molar-refractivity contribution >= 4 is 51.1 Å². The zero-order chi connectivity index (χ0) is 20.1. The van der Waals surface area contributed by atoms with E-state index in [0.29, 0.717) is 5.02 Å². The first-order valence-electron chi connectivity index (χ1n) is 8.65. The number of amides is 1. The van der Waals surface area contributed by atoms with Crippen LogP contribution >= 0.6 is 22.9 Å². The highest BCUT2D eigenvalue weighted by Gasteiger charge is 2.21. The molecule has 0 saturated heterocycles. The Morgan fingerprint density at radius 2 is 2.04 bits per heavy atom. The number of nitrogens with zero attached hydrogens (tertiary/aromatic N) is 2. The number of esters is 1. The van der Waals surface area contributed by atoms with Crippen LogP contribution in [0.5, 0.6) is 0 Å². The van der Waals surface area contributed by atoms with Crippen molar-refractivity contribution in [2.24, 2.45) is 0 Å². The standard InChI is InChI=1S/C21H19ClN2O3S/c1-14(21-23-17-8-3-4-9-18(17)28-21)24(2)19(25)13-27-20(26)11-10-15-6-5-7-16(22)12-15/h3-12,14H,13H2,1-2H3/b11-10+/t14-/m1/s1. The van der Waals surface area contributed by atoms with Crippen LogP contribution in [0.4, 0.5) is 0 Å². The van der Waals surface area contributed by atoms with Gasteiger partial charge in [-0.05, 0) is 42.8 Å². The molecule has 0 N–H and O–H groups in total. The molecule has 144 valence electrons. The molecule has 0 aliphatic rings. The Hall–Kier alpha value is -2.70. The number of para-hydroxylation sites is 1. The lowest BCUT2D eigenvalue weighted by Gasteiger charge is -2.22. The quantitative estimate of drug-likeness (QED) is 0.432. The second-order valence-electron chi connectivity index (χ2n) is 6.20. The van der Waals surface area contributed by atoms with Crippen LogP contribution in [0, 0.1) is 0 Å². The maximum atomic E-state index is 12.4. The zero-order valence-corrected chi connectivity index (χ0v) is 17.0. The van der Waals surface area contributed by atoms with E-state index in [2.05, 4.69) is 4.98 Å². The monoisotopic (exact) mass is 414 g/mol. The van der Waals surface area contributed by atoms with Crippen molar-refractivity contribution in [3.8, 4) is 0 Å². The number of likely N-dealkylation sites (N-methyl/N-ethyl adjacent to an activating group) is 1. The Morgan fingerprint density at radius 3 is 2.79 bits per heavy atom. The molecule has 0 radical (unpaired) electrons. The minimum Gasteiger partial charge on any atom is -0.452 e. The van der Waals surface area contributed by atoms with Gasteiger partial charge >= 0.3 is 5.97 Å². The molecule has 28 heavy (non-hydrogen) atoms. The number of ether oxygens (including phenoxy) is 1. The fraction of sp³-hybridized carbons (Fsp3) is 0.190. The van der Waals surface area contributed by atoms with Crippen molar-refractivity contribution in [3.05, 3.63) is 70.2 Å². The number of rotatable bonds is 6. The SMILES string of the molecule is C[C@H](c1nc2ccccc2s1)N(C)C(=O)COC(=O)/C=C/c1cccc(Cl)c1. The van der Waals surface area contributed by atoms with Gasteiger partial charge in [-0.3, -0.25) is 4.79 Å². The molecule has 0 aliphatic heterocycles. The Kier molecular flexibility index (Phi) is 6.44. The van der Waals surface area contributed by atoms with E-state index in [1.807, 2.05) is 37.3 Å². The number of fused-ring (bicyclic) bond motifs is 1. The summed E-state index contributed by atoms with van der Waals surface area (Å²) in [6.45, 7) is 1.57. The largest absolute Gasteiger partial charge is 0.452 e. The maximum Gasteiger partial charge on any atom is 0.331 e. The van der Waals surface area contributed by atoms with E-state index in [-0.39, 0.29) is 18.6 Å². The first kappa shape index (κ1) is 20.0. The van der Waals surface area contributed by atoms with Gasteiger partial charge in [0.2, 0.25) is 0 Å². The minimum absolute atomic E-state index is 0.217. The van der Waals surface area contributed by atoms with Gasteiger partial charge in [0.15, 0.2) is 6.61 Å². The first-order chi connectivity index (χ1) is 13.4. The van der Waals surface area contributed by atoms with Crippen molar-refractivity contribution in [2.45, 2.75) is 13.0 Å². The average Bonchev–Trinajstić information content (AvgIpc) is 3.13. The Bertz CT molecular complexity index is 998. The Morgan fingerprint density at radius 1 is 1.25 bits per heavy atom. The smallest absolute Gasteiger partial charge is 0.331 e. The second kappa shape index (κ2) is 8.99. The van der Waals surface area contributed by atoms with Crippen LogP contribution in [-0.2, 0) is 14.3 Å². The lowest BCUT2D eigenvalue weighted by atomic mass is 10.2. The fourth-order valence-electron chi connectivity index (χ4n) is 2.51. The van der Waals surface area contributed by atoms with Crippen LogP contribution < -0.4 is 0 Å². The number of benzene rings is 2. The minimum atomic E-state index is -0.589. The van der Waals surface area contributed by atoms with Crippen molar-refractivity contribution < 1.29 is 14.3 Å². The first-order valence-corrected chi connectivity index (χ1v) is 9.85. The average molecular weight is 415 g/mol. The maximum absolute atomic E-state index is 12.4. The van der Waals surface area contributed by atoms with E-state index >= 15 is 0 Å². The number of carbonyl (C=O) groups excluding carboxylic acids is 2. The lowest BCUT2D eigenvalue weighted by Crippen LogP contribution is -2.33. The van der Waals surface area contributed by atoms with Crippen LogP contribution in [0.2, 0.25) is 5.02 Å². The topological polar surface area (TPSA) is 59.5 Å². The van der Waals surface area contributed by atoms with Crippen LogP contribution in [0.15, 0.2) is 54.6 Å². The molecule has 0 fully saturated rings. The molecule has 1 aromatic heterocycles. The van der Waals surface area contributed by atoms with Gasteiger partial charge < -0.3 is 9.64 Å². The van der Waals surface area contributed by atoms with Gasteiger partial charge in [-0.1, -0.05) is 35.9 Å². The van der Waals surface area contributed by atoms with E-state index in [4.69, 9.17) is 16.3 Å². The number of hydrogen-bond acceptors (Lipinski definition) is 5. The van der Waals surface area contributed by atoms with E-state index in [9.17, 15) is 9.59 Å². The summed E-state index contributed by atoms with van der Waals surface area (Å²) in [7, 11) is 1.68. The molecule has 5 nitrogen and oxygen atoms in total. The summed E-state index contributed by atoms with van der Waals surface area (Å²) < 4.78 is 6.13. The zero-order valence-electron chi connectivity index (χ0n) is 15.5. The predicted octanol–water partition coefficient (Wildman–Crippen LogP) is 4.73. The van der Waals surface area contributed by atoms with E-state index in [1.165, 1.54) is 11.0 Å². The molecule has 7 heteroatoms. The van der Waals surface area contributed by atoms with Crippen LogP contribution in [-0.4, -0.2) is 35.4 Å². The van der Waals surface area contributed by atoms with Gasteiger partial charge in [-0.15, -0.1) is 11.3 Å². The normalized spacial score (nSPS) is 12.2. The number of hydrogen-bond donors (Lipinski definition) is 0. The van der Waals surface area contributed by atoms with E-state index < -0.39 is 5.97 Å². The second-order valence-corrected chi connectivity index (χ2v) is 7.70. The van der Waals surface area contributed by atoms with E-state index in [1.54, 1.807) is 42.7 Å². The number of carbonyl (C=O) groups is 2. The summed E-state index contributed by atoms with van der Waals surface area (Å²) in [4.78, 5) is 30.4. The highest BCUT2D eigenvalue weighted by Crippen LogP contribution is 2.28. The van der Waals surface area contributed by atoms with E-state index in [0.717, 1.165) is 20.8 Å². The summed E-state index contributed by atoms with van der Waals surface area (Å²) in [5.41, 5.74) is 1.69. The molecule has 3 rings (SSSR count). The van der Waals surface area contributed by atoms with Crippen molar-refractivity contribution in [3.63, 3.8) is 0 Å². The van der Waals surface area contributed by atoms with Gasteiger partial charge in [0.05, 0.1) is 16.3 Å². The molecule has 0 spiro atoms. The molecule has 0 unspecified atom stereocenters. The third kappa shape index (κ3) is 4.97. The summed E-state index contributed by atoms with van der Waals surface area (Å²) >= 11 is 7.45. The number of aromatic nitrogens is 1. The van der Waals surface area contributed by atoms with Gasteiger partial charge in [0, 0.05) is 18.1 Å². The van der Waals surface area contributed by atoms with Gasteiger partial charge in [0.1, 0.15) is 5.01 Å². The highest BCUT2D eigenvalue weighted by atomic mass is 35.5. The molecule has 0 bridgehead atoms. The van der Waals surface area contributed by atoms with Crippen LogP contribution in [0.3, 0.4) is 0 Å². The molecule has 3 aromatic rings. The molecule has 1 amide bonds. The van der Waals surface area contributed by atoms with Gasteiger partial charge in [-0.2, -0.15) is 0 Å². The summed E-state index contributed by atoms with van der Waals surface area (Å²) in [5, 5.41) is 1.42. The predicted molar refractivity (Wildman–Crippen MR) is 112 cm³/mol. The fourth-order valence-corrected chi connectivity index (χ4v) is 3.77. The highest BCUT2D eigenvalue weighted by molar-refractivity contribution is 7.18. The molecule has 1 heterocycles. The summed E-state index contributed by atoms with van der Waals surface area (Å²) in [6.07, 6.45) is 2.86. The van der Waals surface area contributed by atoms with Crippen LogP contribution in [0.1, 0.15) is 23.5 Å². The summed E-state index contributed by atoms with van der Waals surface area (Å²) in [6, 6.07) is 14.7. The number of thiazole rings is 1. The summed E-state index contributed by atoms with van der Waals surface area (Å²) in [5.74, 6) is -0.884. The van der Waals surface area contributed by atoms with Crippen molar-refractivity contribution in [2.75, 3.05) is 13.7 Å². The Balaban J connectivity index is 1.55. The molecule has 0 aliphatic carbocycles. The van der Waals surface area contributed by atoms with Crippen molar-refractivity contribution in [1.82, 2.24) is 9.88 Å². The molecular formula is C21H19ClN2O3S. The molecule has 2 aromatic carbocycles. The molecular weight excluding hydrogens is 396 g/mol. The van der Waals surface area contributed by atoms with Gasteiger partial charge in [0.25, 0.3) is 5.91 Å². The van der Waals surface area contributed by atoms with Crippen LogP contribution in [0.25, 0.3) is 16.3 Å². The Labute approximate surface area is 172 Å². The third-order valence-corrected chi connectivity index (χ3v) is 5.68. The molecule has 0 saturated carbocycles. The lowest BCUT2D eigenvalue weighted by molar-refractivity contribution is -0.148.